The zero-order chi connectivity index (χ0) is 24.6. The Labute approximate surface area is 209 Å². The predicted molar refractivity (Wildman–Crippen MR) is 135 cm³/mol. The molecule has 10 heteroatoms. The molecule has 1 heterocycles. The molecule has 0 atom stereocenters. The minimum absolute atomic E-state index is 0.0732. The number of anilines is 1. The van der Waals surface area contributed by atoms with Crippen LogP contribution in [0.15, 0.2) is 53.0 Å². The summed E-state index contributed by atoms with van der Waals surface area (Å²) in [5.41, 5.74) is 1.55. The van der Waals surface area contributed by atoms with E-state index in [4.69, 9.17) is 4.74 Å². The summed E-state index contributed by atoms with van der Waals surface area (Å²) in [6, 6.07) is 14.1. The molecule has 1 fully saturated rings. The van der Waals surface area contributed by atoms with Crippen LogP contribution in [0.1, 0.15) is 35.2 Å². The molecule has 0 radical (unpaired) electrons. The number of methoxy groups -OCH3 is 1. The Morgan fingerprint density at radius 2 is 1.85 bits per heavy atom. The van der Waals surface area contributed by atoms with E-state index in [-0.39, 0.29) is 36.6 Å². The Kier molecular flexibility index (Phi) is 9.63. The van der Waals surface area contributed by atoms with Crippen molar-refractivity contribution in [1.29, 1.82) is 0 Å². The van der Waals surface area contributed by atoms with E-state index in [9.17, 15) is 18.0 Å². The molecule has 184 valence electrons. The maximum absolute atomic E-state index is 12.9. The van der Waals surface area contributed by atoms with Crippen LogP contribution < -0.4 is 10.6 Å². The average Bonchev–Trinajstić information content (AvgIpc) is 2.82. The number of hydrogen-bond donors (Lipinski definition) is 2. The minimum atomic E-state index is -3.47. The fourth-order valence-corrected chi connectivity index (χ4v) is 5.86. The van der Waals surface area contributed by atoms with Crippen LogP contribution in [0.5, 0.6) is 0 Å². The highest BCUT2D eigenvalue weighted by Crippen LogP contribution is 2.25. The summed E-state index contributed by atoms with van der Waals surface area (Å²) in [7, 11) is -1.87. The number of carbonyl (C=O) groups excluding carboxylic acids is 2. The Morgan fingerprint density at radius 1 is 1.12 bits per heavy atom. The second-order valence-electron chi connectivity index (χ2n) is 8.20. The van der Waals surface area contributed by atoms with Crippen LogP contribution in [0.2, 0.25) is 0 Å². The van der Waals surface area contributed by atoms with Crippen LogP contribution in [-0.2, 0) is 25.3 Å². The molecule has 1 aliphatic rings. The Bertz CT molecular complexity index is 1100. The second-order valence-corrected chi connectivity index (χ2v) is 11.1. The van der Waals surface area contributed by atoms with Crippen LogP contribution in [0.3, 0.4) is 0 Å². The summed E-state index contributed by atoms with van der Waals surface area (Å²) in [5.74, 6) is -0.866. The lowest BCUT2D eigenvalue weighted by Crippen LogP contribution is -2.42. The van der Waals surface area contributed by atoms with E-state index in [1.54, 1.807) is 43.5 Å². The quantitative estimate of drug-likeness (QED) is 0.440. The van der Waals surface area contributed by atoms with Crippen molar-refractivity contribution in [3.8, 4) is 0 Å². The van der Waals surface area contributed by atoms with Gasteiger partial charge in [0.15, 0.2) is 0 Å². The van der Waals surface area contributed by atoms with Crippen LogP contribution >= 0.6 is 15.9 Å². The summed E-state index contributed by atoms with van der Waals surface area (Å²) in [5, 5.41) is 5.69. The van der Waals surface area contributed by atoms with Crippen LogP contribution in [0.25, 0.3) is 0 Å². The number of para-hydroxylation sites is 1. The number of piperidine rings is 1. The van der Waals surface area contributed by atoms with E-state index in [1.807, 2.05) is 12.1 Å². The molecule has 0 unspecified atom stereocenters. The standard InChI is InChI=1S/C24H30BrN3O5S/c1-33-15-5-12-26-24(30)21-8-2-3-9-22(21)27-23(29)19-10-13-28(14-11-19)34(31,32)17-18-6-4-7-20(25)16-18/h2-4,6-9,16,19H,5,10-15,17H2,1H3,(H,26,30)(H,27,29). The smallest absolute Gasteiger partial charge is 0.253 e. The van der Waals surface area contributed by atoms with Crippen molar-refractivity contribution in [3.05, 3.63) is 64.1 Å². The maximum atomic E-state index is 12.9. The minimum Gasteiger partial charge on any atom is -0.385 e. The predicted octanol–water partition coefficient (Wildman–Crippen LogP) is 3.40. The van der Waals surface area contributed by atoms with Crippen molar-refractivity contribution in [2.24, 2.45) is 5.92 Å². The summed E-state index contributed by atoms with van der Waals surface area (Å²) in [6.07, 6.45) is 1.55. The van der Waals surface area contributed by atoms with E-state index in [2.05, 4.69) is 26.6 Å². The van der Waals surface area contributed by atoms with E-state index in [1.165, 1.54) is 4.31 Å². The first kappa shape index (κ1) is 26.3. The molecular weight excluding hydrogens is 522 g/mol. The Morgan fingerprint density at radius 3 is 2.56 bits per heavy atom. The van der Waals surface area contributed by atoms with E-state index in [0.29, 0.717) is 49.2 Å². The zero-order valence-corrected chi connectivity index (χ0v) is 21.5. The lowest BCUT2D eigenvalue weighted by Gasteiger charge is -2.30. The fraction of sp³-hybridized carbons (Fsp3) is 0.417. The summed E-state index contributed by atoms with van der Waals surface area (Å²) in [6.45, 7) is 1.60. The van der Waals surface area contributed by atoms with Gasteiger partial charge in [-0.2, -0.15) is 0 Å². The molecule has 1 saturated heterocycles. The number of rotatable bonds is 10. The van der Waals surface area contributed by atoms with E-state index in [0.717, 1.165) is 4.47 Å². The van der Waals surface area contributed by atoms with E-state index >= 15 is 0 Å². The Balaban J connectivity index is 1.55. The topological polar surface area (TPSA) is 105 Å². The van der Waals surface area contributed by atoms with Gasteiger partial charge in [0.05, 0.1) is 17.0 Å². The zero-order valence-electron chi connectivity index (χ0n) is 19.1. The summed E-state index contributed by atoms with van der Waals surface area (Å²) < 4.78 is 33.0. The van der Waals surface area contributed by atoms with Gasteiger partial charge in [-0.1, -0.05) is 40.2 Å². The number of ether oxygens (including phenoxy) is 1. The molecule has 1 aliphatic heterocycles. The number of sulfonamides is 1. The lowest BCUT2D eigenvalue weighted by atomic mass is 9.97. The lowest BCUT2D eigenvalue weighted by molar-refractivity contribution is -0.120. The molecule has 2 N–H and O–H groups in total. The molecule has 8 nitrogen and oxygen atoms in total. The van der Waals surface area contributed by atoms with E-state index < -0.39 is 10.0 Å². The molecule has 0 bridgehead atoms. The molecule has 0 aromatic heterocycles. The van der Waals surface area contributed by atoms with Crippen molar-refractivity contribution >= 4 is 43.5 Å². The van der Waals surface area contributed by atoms with Gasteiger partial charge in [0, 0.05) is 43.7 Å². The third kappa shape index (κ3) is 7.36. The highest BCUT2D eigenvalue weighted by molar-refractivity contribution is 9.10. The van der Waals surface area contributed by atoms with Gasteiger partial charge < -0.3 is 15.4 Å². The monoisotopic (exact) mass is 551 g/mol. The van der Waals surface area contributed by atoms with Gasteiger partial charge in [-0.05, 0) is 49.1 Å². The third-order valence-corrected chi connectivity index (χ3v) is 8.04. The van der Waals surface area contributed by atoms with Crippen LogP contribution in [-0.4, -0.2) is 57.9 Å². The van der Waals surface area contributed by atoms with Gasteiger partial charge in [0.25, 0.3) is 5.91 Å². The first-order valence-electron chi connectivity index (χ1n) is 11.2. The van der Waals surface area contributed by atoms with Crippen molar-refractivity contribution < 1.29 is 22.7 Å². The molecular formula is C24H30BrN3O5S. The van der Waals surface area contributed by atoms with Gasteiger partial charge in [-0.3, -0.25) is 9.59 Å². The number of halogens is 1. The normalized spacial score (nSPS) is 15.1. The highest BCUT2D eigenvalue weighted by atomic mass is 79.9. The number of amides is 2. The number of carbonyl (C=O) groups is 2. The molecule has 0 aliphatic carbocycles. The highest BCUT2D eigenvalue weighted by Gasteiger charge is 2.31. The molecule has 2 aromatic rings. The number of benzene rings is 2. The fourth-order valence-electron chi connectivity index (χ4n) is 3.86. The second kappa shape index (κ2) is 12.4. The molecule has 34 heavy (non-hydrogen) atoms. The molecule has 3 rings (SSSR count). The number of nitrogens with zero attached hydrogens (tertiary/aromatic N) is 1. The third-order valence-electron chi connectivity index (χ3n) is 5.70. The number of hydrogen-bond acceptors (Lipinski definition) is 5. The van der Waals surface area contributed by atoms with Gasteiger partial charge in [0.2, 0.25) is 15.9 Å². The first-order chi connectivity index (χ1) is 16.3. The van der Waals surface area contributed by atoms with Gasteiger partial charge in [-0.15, -0.1) is 0 Å². The van der Waals surface area contributed by atoms with Crippen molar-refractivity contribution in [2.75, 3.05) is 38.7 Å². The molecule has 0 saturated carbocycles. The van der Waals surface area contributed by atoms with Crippen molar-refractivity contribution in [3.63, 3.8) is 0 Å². The summed E-state index contributed by atoms with van der Waals surface area (Å²) in [4.78, 5) is 25.4. The largest absolute Gasteiger partial charge is 0.385 e. The molecule has 2 aromatic carbocycles. The Hall–Kier alpha value is -2.27. The van der Waals surface area contributed by atoms with Gasteiger partial charge >= 0.3 is 0 Å². The number of nitrogens with one attached hydrogen (secondary N) is 2. The van der Waals surface area contributed by atoms with Crippen molar-refractivity contribution in [2.45, 2.75) is 25.0 Å². The average molecular weight is 552 g/mol. The van der Waals surface area contributed by atoms with Gasteiger partial charge in [-0.25, -0.2) is 12.7 Å². The van der Waals surface area contributed by atoms with Crippen molar-refractivity contribution in [1.82, 2.24) is 9.62 Å². The maximum Gasteiger partial charge on any atom is 0.253 e. The molecule has 0 spiro atoms. The summed E-state index contributed by atoms with van der Waals surface area (Å²) >= 11 is 3.37. The van der Waals surface area contributed by atoms with Gasteiger partial charge in [0.1, 0.15) is 0 Å². The van der Waals surface area contributed by atoms with Crippen LogP contribution in [0.4, 0.5) is 5.69 Å². The SMILES string of the molecule is COCCCNC(=O)c1ccccc1NC(=O)C1CCN(S(=O)(=O)Cc2cccc(Br)c2)CC1. The first-order valence-corrected chi connectivity index (χ1v) is 13.6. The van der Waals surface area contributed by atoms with Crippen LogP contribution in [0, 0.1) is 5.92 Å². The molecule has 2 amide bonds.